The van der Waals surface area contributed by atoms with Crippen molar-refractivity contribution in [2.75, 3.05) is 7.11 Å². The van der Waals surface area contributed by atoms with Gasteiger partial charge in [-0.2, -0.15) is 10.5 Å². The van der Waals surface area contributed by atoms with Crippen molar-refractivity contribution >= 4 is 11.1 Å². The van der Waals surface area contributed by atoms with Crippen molar-refractivity contribution in [3.05, 3.63) is 41.7 Å². The Morgan fingerprint density at radius 1 is 1.13 bits per heavy atom. The Kier molecular flexibility index (Phi) is 4.34. The first-order valence-corrected chi connectivity index (χ1v) is 6.32. The number of benzene rings is 1. The first-order chi connectivity index (χ1) is 11.0. The van der Waals surface area contributed by atoms with Crippen LogP contribution in [0.4, 0.5) is 0 Å². The van der Waals surface area contributed by atoms with E-state index in [1.807, 2.05) is 12.1 Å². The van der Waals surface area contributed by atoms with Crippen LogP contribution in [0.1, 0.15) is 11.1 Å². The molecule has 114 valence electrons. The van der Waals surface area contributed by atoms with Gasteiger partial charge in [-0.3, -0.25) is 4.98 Å². The van der Waals surface area contributed by atoms with E-state index in [2.05, 4.69) is 4.98 Å². The molecule has 0 fully saturated rings. The SMILES string of the molecule is COc1c(/C(C#N)=C(/C#N)c2cccnc2)cc(O)c(O)c1O. The quantitative estimate of drug-likeness (QED) is 0.585. The zero-order valence-electron chi connectivity index (χ0n) is 12.0. The number of aromatic nitrogens is 1. The molecule has 0 amide bonds. The van der Waals surface area contributed by atoms with Gasteiger partial charge in [0, 0.05) is 23.5 Å². The Balaban J connectivity index is 2.84. The molecule has 0 aliphatic carbocycles. The van der Waals surface area contributed by atoms with Crippen molar-refractivity contribution in [3.8, 4) is 35.1 Å². The van der Waals surface area contributed by atoms with Crippen molar-refractivity contribution in [1.29, 1.82) is 10.5 Å². The number of hydrogen-bond acceptors (Lipinski definition) is 7. The molecule has 0 radical (unpaired) electrons. The van der Waals surface area contributed by atoms with Gasteiger partial charge in [0.2, 0.25) is 11.5 Å². The van der Waals surface area contributed by atoms with Crippen molar-refractivity contribution in [1.82, 2.24) is 4.98 Å². The zero-order chi connectivity index (χ0) is 17.0. The van der Waals surface area contributed by atoms with Gasteiger partial charge in [-0.05, 0) is 12.1 Å². The summed E-state index contributed by atoms with van der Waals surface area (Å²) in [7, 11) is 1.22. The molecule has 0 atom stereocenters. The van der Waals surface area contributed by atoms with Gasteiger partial charge < -0.3 is 20.1 Å². The average molecular weight is 309 g/mol. The van der Waals surface area contributed by atoms with Gasteiger partial charge in [-0.25, -0.2) is 0 Å². The van der Waals surface area contributed by atoms with Crippen LogP contribution < -0.4 is 4.74 Å². The summed E-state index contributed by atoms with van der Waals surface area (Å²) in [4.78, 5) is 3.89. The second-order valence-electron chi connectivity index (χ2n) is 4.39. The first-order valence-electron chi connectivity index (χ1n) is 6.32. The topological polar surface area (TPSA) is 130 Å². The van der Waals surface area contributed by atoms with E-state index in [0.29, 0.717) is 5.56 Å². The van der Waals surface area contributed by atoms with E-state index in [4.69, 9.17) is 4.74 Å². The maximum absolute atomic E-state index is 9.87. The molecule has 7 nitrogen and oxygen atoms in total. The second kappa shape index (κ2) is 6.37. The van der Waals surface area contributed by atoms with Gasteiger partial charge in [0.15, 0.2) is 11.5 Å². The predicted octanol–water partition coefficient (Wildman–Crippen LogP) is 2.16. The van der Waals surface area contributed by atoms with Crippen LogP contribution in [0.3, 0.4) is 0 Å². The number of ether oxygens (including phenoxy) is 1. The molecule has 1 aromatic carbocycles. The summed E-state index contributed by atoms with van der Waals surface area (Å²) < 4.78 is 4.99. The summed E-state index contributed by atoms with van der Waals surface area (Å²) >= 11 is 0. The number of phenols is 3. The molecule has 0 aliphatic heterocycles. The van der Waals surface area contributed by atoms with Gasteiger partial charge in [0.05, 0.1) is 18.3 Å². The highest BCUT2D eigenvalue weighted by Crippen LogP contribution is 2.47. The molecule has 23 heavy (non-hydrogen) atoms. The largest absolute Gasteiger partial charge is 0.504 e. The molecule has 7 heteroatoms. The fourth-order valence-corrected chi connectivity index (χ4v) is 2.05. The molecule has 0 saturated carbocycles. The molecular weight excluding hydrogens is 298 g/mol. The number of nitrogens with zero attached hydrogens (tertiary/aromatic N) is 3. The molecule has 0 bridgehead atoms. The van der Waals surface area contributed by atoms with Gasteiger partial charge >= 0.3 is 0 Å². The zero-order valence-corrected chi connectivity index (χ0v) is 12.0. The van der Waals surface area contributed by atoms with Crippen molar-refractivity contribution in [3.63, 3.8) is 0 Å². The molecule has 3 N–H and O–H groups in total. The summed E-state index contributed by atoms with van der Waals surface area (Å²) in [6.45, 7) is 0. The van der Waals surface area contributed by atoms with Crippen LogP contribution in [0.2, 0.25) is 0 Å². The van der Waals surface area contributed by atoms with E-state index in [9.17, 15) is 25.8 Å². The summed E-state index contributed by atoms with van der Waals surface area (Å²) in [5.74, 6) is -2.37. The van der Waals surface area contributed by atoms with Gasteiger partial charge in [0.1, 0.15) is 12.1 Å². The lowest BCUT2D eigenvalue weighted by molar-refractivity contribution is 0.335. The van der Waals surface area contributed by atoms with Crippen LogP contribution in [0, 0.1) is 22.7 Å². The Hall–Kier alpha value is -3.71. The molecule has 0 spiro atoms. The molecule has 0 aliphatic rings. The minimum atomic E-state index is -0.775. The van der Waals surface area contributed by atoms with Crippen molar-refractivity contribution in [2.45, 2.75) is 0 Å². The van der Waals surface area contributed by atoms with Gasteiger partial charge in [-0.15, -0.1) is 0 Å². The highest BCUT2D eigenvalue weighted by Gasteiger charge is 2.23. The van der Waals surface area contributed by atoms with Crippen molar-refractivity contribution in [2.24, 2.45) is 0 Å². The molecule has 2 rings (SSSR count). The summed E-state index contributed by atoms with van der Waals surface area (Å²) in [6.07, 6.45) is 2.92. The maximum atomic E-state index is 9.87. The minimum absolute atomic E-state index is 0.0108. The monoisotopic (exact) mass is 309 g/mol. The van der Waals surface area contributed by atoms with Crippen LogP contribution >= 0.6 is 0 Å². The first kappa shape index (κ1) is 15.7. The number of hydrogen-bond donors (Lipinski definition) is 3. The van der Waals surface area contributed by atoms with Gasteiger partial charge in [-0.1, -0.05) is 6.07 Å². The van der Waals surface area contributed by atoms with E-state index in [-0.39, 0.29) is 22.5 Å². The maximum Gasteiger partial charge on any atom is 0.205 e. The van der Waals surface area contributed by atoms with Crippen LogP contribution in [0.15, 0.2) is 30.6 Å². The van der Waals surface area contributed by atoms with Crippen LogP contribution in [-0.4, -0.2) is 27.4 Å². The highest BCUT2D eigenvalue weighted by molar-refractivity contribution is 6.04. The van der Waals surface area contributed by atoms with E-state index in [1.165, 1.54) is 19.5 Å². The Labute approximate surface area is 131 Å². The van der Waals surface area contributed by atoms with Crippen LogP contribution in [0.5, 0.6) is 23.0 Å². The summed E-state index contributed by atoms with van der Waals surface area (Å²) in [5, 5.41) is 47.9. The Morgan fingerprint density at radius 3 is 2.35 bits per heavy atom. The van der Waals surface area contributed by atoms with Crippen LogP contribution in [0.25, 0.3) is 11.1 Å². The number of phenolic OH excluding ortho intramolecular Hbond substituents is 3. The number of nitriles is 2. The normalized spacial score (nSPS) is 11.1. The van der Waals surface area contributed by atoms with Gasteiger partial charge in [0.25, 0.3) is 0 Å². The smallest absolute Gasteiger partial charge is 0.205 e. The Bertz CT molecular complexity index is 862. The summed E-state index contributed by atoms with van der Waals surface area (Å²) in [6, 6.07) is 8.01. The lowest BCUT2D eigenvalue weighted by Gasteiger charge is -2.13. The third kappa shape index (κ3) is 2.71. The molecule has 1 aromatic heterocycles. The van der Waals surface area contributed by atoms with E-state index < -0.39 is 17.2 Å². The Morgan fingerprint density at radius 2 is 1.83 bits per heavy atom. The minimum Gasteiger partial charge on any atom is -0.504 e. The fourth-order valence-electron chi connectivity index (χ4n) is 2.05. The number of rotatable bonds is 3. The fraction of sp³-hybridized carbons (Fsp3) is 0.0625. The van der Waals surface area contributed by atoms with E-state index in [0.717, 1.165) is 6.07 Å². The van der Waals surface area contributed by atoms with Crippen LogP contribution in [-0.2, 0) is 0 Å². The molecule has 1 heterocycles. The number of pyridine rings is 1. The number of aromatic hydroxyl groups is 3. The standard InChI is InChI=1S/C16H11N3O4/c1-23-16-10(5-13(20)14(21)15(16)22)12(7-18)11(6-17)9-3-2-4-19-8-9/h2-5,8,20-22H,1H3/b12-11-. The molecule has 0 saturated heterocycles. The number of allylic oxidation sites excluding steroid dienone is 2. The molecule has 0 unspecified atom stereocenters. The highest BCUT2D eigenvalue weighted by atomic mass is 16.5. The number of methoxy groups -OCH3 is 1. The molecular formula is C16H11N3O4. The van der Waals surface area contributed by atoms with E-state index >= 15 is 0 Å². The third-order valence-electron chi connectivity index (χ3n) is 3.10. The second-order valence-corrected chi connectivity index (χ2v) is 4.39. The van der Waals surface area contributed by atoms with E-state index in [1.54, 1.807) is 12.1 Å². The lowest BCUT2D eigenvalue weighted by Crippen LogP contribution is -1.95. The molecule has 2 aromatic rings. The van der Waals surface area contributed by atoms with Crippen molar-refractivity contribution < 1.29 is 20.1 Å². The lowest BCUT2D eigenvalue weighted by atomic mass is 9.96. The average Bonchev–Trinajstić information content (AvgIpc) is 2.58. The predicted molar refractivity (Wildman–Crippen MR) is 80.3 cm³/mol. The summed E-state index contributed by atoms with van der Waals surface area (Å²) in [5.41, 5.74) is 0.218. The third-order valence-corrected chi connectivity index (χ3v) is 3.10.